The van der Waals surface area contributed by atoms with E-state index in [1.54, 1.807) is 18.3 Å². The van der Waals surface area contributed by atoms with Gasteiger partial charge in [0.05, 0.1) is 6.20 Å². The molecule has 0 unspecified atom stereocenters. The van der Waals surface area contributed by atoms with Gasteiger partial charge in [-0.05, 0) is 31.2 Å². The summed E-state index contributed by atoms with van der Waals surface area (Å²) < 4.78 is 7.47. The Hall–Kier alpha value is -2.30. The van der Waals surface area contributed by atoms with Gasteiger partial charge in [0.15, 0.2) is 0 Å². The van der Waals surface area contributed by atoms with Crippen molar-refractivity contribution in [2.24, 2.45) is 0 Å². The van der Waals surface area contributed by atoms with E-state index in [-0.39, 0.29) is 0 Å². The molecule has 1 N–H and O–H groups in total. The van der Waals surface area contributed by atoms with Gasteiger partial charge in [0, 0.05) is 24.0 Å². The number of ether oxygens (including phenoxy) is 1. The maximum absolute atomic E-state index is 10.2. The van der Waals surface area contributed by atoms with Gasteiger partial charge in [0.25, 0.3) is 0 Å². The summed E-state index contributed by atoms with van der Waals surface area (Å²) in [5.41, 5.74) is 1.78. The van der Waals surface area contributed by atoms with Crippen LogP contribution >= 0.6 is 0 Å². The summed E-state index contributed by atoms with van der Waals surface area (Å²) in [6, 6.07) is 7.21. The van der Waals surface area contributed by atoms with Gasteiger partial charge in [0.1, 0.15) is 12.4 Å². The molecule has 0 bridgehead atoms. The molecule has 0 fully saturated rings. The van der Waals surface area contributed by atoms with Gasteiger partial charge < -0.3 is 10.1 Å². The number of carbonyl (C=O) groups is 1. The van der Waals surface area contributed by atoms with Crippen LogP contribution in [-0.2, 0) is 17.9 Å². The molecule has 0 aliphatic rings. The van der Waals surface area contributed by atoms with Crippen molar-refractivity contribution in [3.63, 3.8) is 0 Å². The van der Waals surface area contributed by atoms with E-state index in [4.69, 9.17) is 4.74 Å². The lowest BCUT2D eigenvalue weighted by Crippen LogP contribution is -1.96. The van der Waals surface area contributed by atoms with Gasteiger partial charge in [-0.1, -0.05) is 0 Å². The van der Waals surface area contributed by atoms with E-state index in [1.165, 1.54) is 0 Å². The minimum absolute atomic E-state index is 0.487. The summed E-state index contributed by atoms with van der Waals surface area (Å²) in [5, 5.41) is 6.74. The molecule has 0 aliphatic carbocycles. The van der Waals surface area contributed by atoms with Crippen molar-refractivity contribution in [2.45, 2.75) is 20.1 Å². The normalized spacial score (nSPS) is 10.1. The van der Waals surface area contributed by atoms with Crippen molar-refractivity contribution < 1.29 is 9.53 Å². The number of hydrogen-bond donors (Lipinski definition) is 1. The second kappa shape index (κ2) is 5.86. The Balaban J connectivity index is 1.91. The predicted octanol–water partition coefficient (Wildman–Crippen LogP) is 2.05. The number of hydrogen-bond acceptors (Lipinski definition) is 3. The van der Waals surface area contributed by atoms with Gasteiger partial charge in [-0.3, -0.25) is 9.48 Å². The fourth-order valence-corrected chi connectivity index (χ4v) is 1.54. The van der Waals surface area contributed by atoms with Gasteiger partial charge >= 0.3 is 0 Å². The lowest BCUT2D eigenvalue weighted by atomic mass is 10.3. The van der Waals surface area contributed by atoms with E-state index in [9.17, 15) is 4.79 Å². The Morgan fingerprint density at radius 2 is 2.17 bits per heavy atom. The number of carbonyl (C=O) groups excluding carboxylic acids is 1. The quantitative estimate of drug-likeness (QED) is 0.792. The largest absolute Gasteiger partial charge is 0.489 e. The van der Waals surface area contributed by atoms with E-state index < -0.39 is 0 Å². The molecular weight excluding hydrogens is 230 g/mol. The third-order valence-corrected chi connectivity index (χ3v) is 2.50. The Bertz CT molecular complexity index is 505. The molecule has 0 saturated heterocycles. The fraction of sp³-hybridized carbons (Fsp3) is 0.231. The molecular formula is C13H15N3O2. The molecule has 0 spiro atoms. The molecule has 18 heavy (non-hydrogen) atoms. The molecule has 5 heteroatoms. The summed E-state index contributed by atoms with van der Waals surface area (Å²) in [7, 11) is 0. The zero-order valence-corrected chi connectivity index (χ0v) is 10.2. The highest BCUT2D eigenvalue weighted by atomic mass is 16.5. The maximum atomic E-state index is 10.2. The minimum Gasteiger partial charge on any atom is -0.489 e. The van der Waals surface area contributed by atoms with Crippen molar-refractivity contribution in [3.8, 4) is 5.75 Å². The number of nitrogens with zero attached hydrogens (tertiary/aromatic N) is 2. The molecule has 1 aromatic carbocycles. The first-order valence-electron chi connectivity index (χ1n) is 5.76. The molecule has 0 radical (unpaired) electrons. The van der Waals surface area contributed by atoms with Crippen LogP contribution in [0.3, 0.4) is 0 Å². The van der Waals surface area contributed by atoms with Crippen LogP contribution in [0.25, 0.3) is 0 Å². The minimum atomic E-state index is 0.487. The Labute approximate surface area is 105 Å². The SMILES string of the molecule is CCn1cc(COc2ccc(NC=O)cc2)cn1. The van der Waals surface area contributed by atoms with Crippen molar-refractivity contribution in [1.29, 1.82) is 0 Å². The van der Waals surface area contributed by atoms with E-state index in [0.29, 0.717) is 13.0 Å². The number of nitrogens with one attached hydrogen (secondary N) is 1. The van der Waals surface area contributed by atoms with Crippen LogP contribution in [0.2, 0.25) is 0 Å². The summed E-state index contributed by atoms with van der Waals surface area (Å²) in [6.07, 6.45) is 4.41. The average Bonchev–Trinajstić information content (AvgIpc) is 2.86. The second-order valence-corrected chi connectivity index (χ2v) is 3.78. The third kappa shape index (κ3) is 3.10. The van der Waals surface area contributed by atoms with Crippen LogP contribution < -0.4 is 10.1 Å². The maximum Gasteiger partial charge on any atom is 0.211 e. The number of amides is 1. The highest BCUT2D eigenvalue weighted by Crippen LogP contribution is 2.16. The van der Waals surface area contributed by atoms with Crippen LogP contribution in [0.5, 0.6) is 5.75 Å². The number of benzene rings is 1. The van der Waals surface area contributed by atoms with E-state index in [2.05, 4.69) is 10.4 Å². The summed E-state index contributed by atoms with van der Waals surface area (Å²) in [4.78, 5) is 10.2. The van der Waals surface area contributed by atoms with Crippen LogP contribution in [-0.4, -0.2) is 16.2 Å². The number of rotatable bonds is 6. The molecule has 1 aromatic heterocycles. The molecule has 2 rings (SSSR count). The average molecular weight is 245 g/mol. The predicted molar refractivity (Wildman–Crippen MR) is 68.4 cm³/mol. The molecule has 2 aromatic rings. The smallest absolute Gasteiger partial charge is 0.211 e. The Kier molecular flexibility index (Phi) is 3.96. The zero-order valence-electron chi connectivity index (χ0n) is 10.2. The van der Waals surface area contributed by atoms with Crippen molar-refractivity contribution >= 4 is 12.1 Å². The topological polar surface area (TPSA) is 56.1 Å². The van der Waals surface area contributed by atoms with Crippen molar-refractivity contribution in [2.75, 3.05) is 5.32 Å². The van der Waals surface area contributed by atoms with Crippen LogP contribution in [0.1, 0.15) is 12.5 Å². The van der Waals surface area contributed by atoms with Crippen LogP contribution in [0.4, 0.5) is 5.69 Å². The van der Waals surface area contributed by atoms with E-state index in [0.717, 1.165) is 23.5 Å². The highest BCUT2D eigenvalue weighted by Gasteiger charge is 1.99. The molecule has 0 atom stereocenters. The highest BCUT2D eigenvalue weighted by molar-refractivity contribution is 5.71. The Morgan fingerprint density at radius 1 is 1.39 bits per heavy atom. The van der Waals surface area contributed by atoms with Gasteiger partial charge in [-0.25, -0.2) is 0 Å². The number of aryl methyl sites for hydroxylation is 1. The van der Waals surface area contributed by atoms with Crippen LogP contribution in [0, 0.1) is 0 Å². The van der Waals surface area contributed by atoms with Gasteiger partial charge in [-0.15, -0.1) is 0 Å². The van der Waals surface area contributed by atoms with Crippen LogP contribution in [0.15, 0.2) is 36.7 Å². The van der Waals surface area contributed by atoms with E-state index >= 15 is 0 Å². The summed E-state index contributed by atoms with van der Waals surface area (Å²) in [6.45, 7) is 3.38. The Morgan fingerprint density at radius 3 is 2.78 bits per heavy atom. The monoisotopic (exact) mass is 245 g/mol. The second-order valence-electron chi connectivity index (χ2n) is 3.78. The first kappa shape index (κ1) is 12.2. The van der Waals surface area contributed by atoms with Crippen molar-refractivity contribution in [1.82, 2.24) is 9.78 Å². The zero-order chi connectivity index (χ0) is 12.8. The molecule has 0 aliphatic heterocycles. The third-order valence-electron chi connectivity index (χ3n) is 2.50. The number of anilines is 1. The lowest BCUT2D eigenvalue weighted by Gasteiger charge is -2.05. The number of aromatic nitrogens is 2. The van der Waals surface area contributed by atoms with Gasteiger partial charge in [-0.2, -0.15) is 5.10 Å². The lowest BCUT2D eigenvalue weighted by molar-refractivity contribution is -0.105. The summed E-state index contributed by atoms with van der Waals surface area (Å²) in [5.74, 6) is 0.760. The standard InChI is InChI=1S/C13H15N3O2/c1-2-16-8-11(7-15-16)9-18-13-5-3-12(4-6-13)14-10-17/h3-8,10H,2,9H2,1H3,(H,14,17). The molecule has 94 valence electrons. The molecule has 1 heterocycles. The molecule has 1 amide bonds. The first-order chi connectivity index (χ1) is 8.81. The molecule has 5 nitrogen and oxygen atoms in total. The van der Waals surface area contributed by atoms with Crippen molar-refractivity contribution in [3.05, 3.63) is 42.2 Å². The molecule has 0 saturated carbocycles. The first-order valence-corrected chi connectivity index (χ1v) is 5.76. The van der Waals surface area contributed by atoms with Gasteiger partial charge in [0.2, 0.25) is 6.41 Å². The summed E-state index contributed by atoms with van der Waals surface area (Å²) >= 11 is 0. The fourth-order valence-electron chi connectivity index (χ4n) is 1.54. The van der Waals surface area contributed by atoms with E-state index in [1.807, 2.05) is 29.9 Å².